The molecule has 0 amide bonds. The van der Waals surface area contributed by atoms with Gasteiger partial charge in [0.25, 0.3) is 15.7 Å². The smallest absolute Gasteiger partial charge is 0.327 e. The quantitative estimate of drug-likeness (QED) is 0.318. The molecule has 2 aromatic carbocycles. The van der Waals surface area contributed by atoms with Crippen LogP contribution in [0.25, 0.3) is 0 Å². The van der Waals surface area contributed by atoms with Crippen LogP contribution in [0.2, 0.25) is 0 Å². The molecule has 0 aliphatic rings. The zero-order valence-electron chi connectivity index (χ0n) is 17.0. The number of nitrogens with zero attached hydrogens (tertiary/aromatic N) is 2. The Morgan fingerprint density at radius 3 is 2.33 bits per heavy atom. The van der Waals surface area contributed by atoms with Gasteiger partial charge in [-0.3, -0.25) is 19.2 Å². The van der Waals surface area contributed by atoms with Crippen molar-refractivity contribution in [3.05, 3.63) is 58.6 Å². The van der Waals surface area contributed by atoms with Crippen LogP contribution in [0.3, 0.4) is 0 Å². The zero-order valence-corrected chi connectivity index (χ0v) is 17.8. The molecule has 2 rings (SSSR count). The first kappa shape index (κ1) is 23.1. The molecule has 0 heterocycles. The van der Waals surface area contributed by atoms with Crippen molar-refractivity contribution in [2.45, 2.75) is 38.2 Å². The van der Waals surface area contributed by atoms with Gasteiger partial charge in [0.2, 0.25) is 0 Å². The molecule has 10 heteroatoms. The van der Waals surface area contributed by atoms with Gasteiger partial charge in [0.15, 0.2) is 4.90 Å². The Labute approximate surface area is 175 Å². The summed E-state index contributed by atoms with van der Waals surface area (Å²) in [6.07, 6.45) is 0.360. The highest BCUT2D eigenvalue weighted by atomic mass is 32.2. The van der Waals surface area contributed by atoms with Crippen LogP contribution in [0.1, 0.15) is 27.2 Å². The molecule has 0 saturated heterocycles. The number of benzene rings is 2. The Morgan fingerprint density at radius 1 is 1.13 bits per heavy atom. The molecule has 30 heavy (non-hydrogen) atoms. The van der Waals surface area contributed by atoms with Crippen molar-refractivity contribution in [1.29, 1.82) is 0 Å². The van der Waals surface area contributed by atoms with E-state index in [1.165, 1.54) is 24.3 Å². The van der Waals surface area contributed by atoms with Gasteiger partial charge in [-0.2, -0.15) is 0 Å². The Morgan fingerprint density at radius 2 is 1.77 bits per heavy atom. The van der Waals surface area contributed by atoms with E-state index in [0.717, 1.165) is 22.9 Å². The summed E-state index contributed by atoms with van der Waals surface area (Å²) in [6.45, 7) is 5.09. The summed E-state index contributed by atoms with van der Waals surface area (Å²) >= 11 is 0. The largest absolute Gasteiger partial charge is 0.494 e. The van der Waals surface area contributed by atoms with Crippen molar-refractivity contribution >= 4 is 27.4 Å². The number of ether oxygens (including phenoxy) is 2. The number of hydrogen-bond donors (Lipinski definition) is 0. The van der Waals surface area contributed by atoms with Crippen molar-refractivity contribution < 1.29 is 27.6 Å². The van der Waals surface area contributed by atoms with Crippen LogP contribution in [-0.4, -0.2) is 38.6 Å². The number of sulfonamides is 1. The third-order valence-corrected chi connectivity index (χ3v) is 5.69. The minimum atomic E-state index is -4.44. The Kier molecular flexibility index (Phi) is 7.76. The van der Waals surface area contributed by atoms with E-state index < -0.39 is 44.1 Å². The lowest BCUT2D eigenvalue weighted by Gasteiger charge is -2.24. The zero-order chi connectivity index (χ0) is 22.3. The van der Waals surface area contributed by atoms with Crippen LogP contribution >= 0.6 is 0 Å². The van der Waals surface area contributed by atoms with Crippen LogP contribution in [-0.2, 0) is 19.6 Å². The number of para-hydroxylation sites is 1. The van der Waals surface area contributed by atoms with Crippen molar-refractivity contribution in [2.24, 2.45) is 0 Å². The van der Waals surface area contributed by atoms with E-state index in [4.69, 9.17) is 9.47 Å². The number of esters is 1. The van der Waals surface area contributed by atoms with Crippen LogP contribution in [0.5, 0.6) is 5.75 Å². The number of rotatable bonds is 10. The molecule has 9 nitrogen and oxygen atoms in total. The van der Waals surface area contributed by atoms with E-state index in [-0.39, 0.29) is 5.69 Å². The van der Waals surface area contributed by atoms with Gasteiger partial charge >= 0.3 is 5.97 Å². The van der Waals surface area contributed by atoms with E-state index >= 15 is 0 Å². The molecular weight excluding hydrogens is 412 g/mol. The first-order chi connectivity index (χ1) is 14.2. The van der Waals surface area contributed by atoms with Gasteiger partial charge in [-0.1, -0.05) is 19.1 Å². The van der Waals surface area contributed by atoms with Crippen molar-refractivity contribution in [2.75, 3.05) is 17.5 Å². The maximum Gasteiger partial charge on any atom is 0.327 e. The highest BCUT2D eigenvalue weighted by Gasteiger charge is 2.33. The Balaban J connectivity index is 2.50. The number of nitro groups is 1. The third kappa shape index (κ3) is 5.69. The lowest BCUT2D eigenvalue weighted by atomic mass is 10.3. The van der Waals surface area contributed by atoms with Crippen LogP contribution in [0.4, 0.5) is 11.4 Å². The summed E-state index contributed by atoms with van der Waals surface area (Å²) in [5, 5.41) is 11.4. The number of nitro benzene ring substituents is 1. The van der Waals surface area contributed by atoms with E-state index in [0.29, 0.717) is 12.4 Å². The molecule has 0 fully saturated rings. The van der Waals surface area contributed by atoms with E-state index in [1.54, 1.807) is 26.0 Å². The second kappa shape index (κ2) is 10.1. The Hall–Kier alpha value is -3.14. The third-order valence-electron chi connectivity index (χ3n) is 3.87. The number of carbonyl (C=O) groups is 1. The summed E-state index contributed by atoms with van der Waals surface area (Å²) in [5.74, 6) is -0.244. The number of hydrogen-bond acceptors (Lipinski definition) is 7. The molecule has 0 radical (unpaired) electrons. The van der Waals surface area contributed by atoms with E-state index in [9.17, 15) is 23.3 Å². The number of anilines is 1. The fourth-order valence-electron chi connectivity index (χ4n) is 2.61. The van der Waals surface area contributed by atoms with Gasteiger partial charge in [0, 0.05) is 6.07 Å². The second-order valence-electron chi connectivity index (χ2n) is 6.62. The van der Waals surface area contributed by atoms with Crippen molar-refractivity contribution in [1.82, 2.24) is 0 Å². The summed E-state index contributed by atoms with van der Waals surface area (Å²) < 4.78 is 38.0. The Bertz CT molecular complexity index is 988. The summed E-state index contributed by atoms with van der Waals surface area (Å²) in [5.41, 5.74) is -0.430. The molecule has 2 aromatic rings. The van der Waals surface area contributed by atoms with E-state index in [1.807, 2.05) is 6.92 Å². The lowest BCUT2D eigenvalue weighted by molar-refractivity contribution is -0.387. The predicted molar refractivity (Wildman–Crippen MR) is 111 cm³/mol. The van der Waals surface area contributed by atoms with Gasteiger partial charge in [-0.05, 0) is 50.6 Å². The van der Waals surface area contributed by atoms with E-state index in [2.05, 4.69) is 0 Å². The molecule has 0 saturated carbocycles. The maximum absolute atomic E-state index is 13.3. The first-order valence-corrected chi connectivity index (χ1v) is 10.8. The topological polar surface area (TPSA) is 116 Å². The minimum absolute atomic E-state index is 0.151. The maximum atomic E-state index is 13.3. The predicted octanol–water partition coefficient (Wildman–Crippen LogP) is 3.53. The molecule has 0 spiro atoms. The van der Waals surface area contributed by atoms with Gasteiger partial charge in [0.1, 0.15) is 12.3 Å². The van der Waals surface area contributed by atoms with Crippen molar-refractivity contribution in [3.8, 4) is 5.75 Å². The molecule has 0 aliphatic heterocycles. The summed E-state index contributed by atoms with van der Waals surface area (Å²) in [6, 6.07) is 11.1. The summed E-state index contributed by atoms with van der Waals surface area (Å²) in [4.78, 5) is 22.3. The lowest BCUT2D eigenvalue weighted by Crippen LogP contribution is -2.37. The molecule has 0 aromatic heterocycles. The molecule has 0 atom stereocenters. The molecule has 0 unspecified atom stereocenters. The average Bonchev–Trinajstić information content (AvgIpc) is 2.70. The van der Waals surface area contributed by atoms with Gasteiger partial charge in [-0.25, -0.2) is 8.42 Å². The van der Waals surface area contributed by atoms with Crippen LogP contribution in [0.15, 0.2) is 53.4 Å². The van der Waals surface area contributed by atoms with Crippen LogP contribution < -0.4 is 9.04 Å². The first-order valence-electron chi connectivity index (χ1n) is 9.35. The van der Waals surface area contributed by atoms with Gasteiger partial charge in [0.05, 0.1) is 23.3 Å². The molecule has 162 valence electrons. The fraction of sp³-hybridized carbons (Fsp3) is 0.350. The average molecular weight is 436 g/mol. The van der Waals surface area contributed by atoms with Gasteiger partial charge in [-0.15, -0.1) is 0 Å². The van der Waals surface area contributed by atoms with Crippen molar-refractivity contribution in [3.63, 3.8) is 0 Å². The molecule has 0 bridgehead atoms. The molecule has 0 aliphatic carbocycles. The molecule has 0 N–H and O–H groups in total. The van der Waals surface area contributed by atoms with Crippen LogP contribution in [0, 0.1) is 10.1 Å². The monoisotopic (exact) mass is 436 g/mol. The highest BCUT2D eigenvalue weighted by molar-refractivity contribution is 7.93. The normalized spacial score (nSPS) is 11.2. The van der Waals surface area contributed by atoms with Gasteiger partial charge < -0.3 is 9.47 Å². The minimum Gasteiger partial charge on any atom is -0.494 e. The standard InChI is InChI=1S/C20H24N2O7S/c1-4-13-28-17-11-9-16(10-12-17)21(14-20(23)29-15(2)3)30(26,27)19-8-6-5-7-18(19)22(24)25/h5-12,15H,4,13-14H2,1-3H3. The SMILES string of the molecule is CCCOc1ccc(N(CC(=O)OC(C)C)S(=O)(=O)c2ccccc2[N+](=O)[O-])cc1. The second-order valence-corrected chi connectivity index (χ2v) is 8.45. The molecular formula is C20H24N2O7S. The highest BCUT2D eigenvalue weighted by Crippen LogP contribution is 2.30. The summed E-state index contributed by atoms with van der Waals surface area (Å²) in [7, 11) is -4.44. The fourth-order valence-corrected chi connectivity index (χ4v) is 4.18. The number of carbonyl (C=O) groups excluding carboxylic acids is 1.